The lowest BCUT2D eigenvalue weighted by molar-refractivity contribution is -0.0826. The lowest BCUT2D eigenvalue weighted by atomic mass is 9.88. The molecule has 2 aliphatic heterocycles. The van der Waals surface area contributed by atoms with E-state index in [1.165, 1.54) is 0 Å². The first-order valence-corrected chi connectivity index (χ1v) is 11.8. The zero-order chi connectivity index (χ0) is 23.3. The van der Waals surface area contributed by atoms with Gasteiger partial charge in [0.15, 0.2) is 0 Å². The van der Waals surface area contributed by atoms with Crippen LogP contribution < -0.4 is 11.1 Å². The normalized spacial score (nSPS) is 18.5. The number of rotatable bonds is 13. The van der Waals surface area contributed by atoms with Crippen LogP contribution in [-0.4, -0.2) is 96.8 Å². The smallest absolute Gasteiger partial charge is 0.148 e. The number of likely N-dealkylation sites (tertiary alicyclic amines) is 1. The van der Waals surface area contributed by atoms with Crippen molar-refractivity contribution in [1.29, 1.82) is 0 Å². The maximum Gasteiger partial charge on any atom is 0.148 e. The standard InChI is InChI=1S/C23H38N8O2/c1-4-32-17-33-16-29(3)8-6-18(2)10-30-13-23(12-24,14-30)31-11-19(9-28-31)21-20-5-7-25-22(20)27-15-26-21/h5,7,9,11,18,25,27H,4,6,8,10,12-17,24H2,1-3H3. The molecule has 0 spiro atoms. The van der Waals surface area contributed by atoms with Gasteiger partial charge in [0.25, 0.3) is 0 Å². The van der Waals surface area contributed by atoms with Crippen molar-refractivity contribution in [2.24, 2.45) is 16.6 Å². The molecule has 4 rings (SSSR count). The van der Waals surface area contributed by atoms with Gasteiger partial charge in [0.05, 0.1) is 11.9 Å². The monoisotopic (exact) mass is 458 g/mol. The number of aromatic amines is 1. The number of nitrogens with zero attached hydrogens (tertiary/aromatic N) is 5. The van der Waals surface area contributed by atoms with E-state index in [0.29, 0.717) is 39.3 Å². The Kier molecular flexibility index (Phi) is 7.82. The molecular formula is C23H38N8O2. The number of nitrogens with one attached hydrogen (secondary N) is 2. The molecule has 1 atom stereocenters. The zero-order valence-electron chi connectivity index (χ0n) is 20.1. The SMILES string of the molecule is CCOCOCN(C)CCC(C)CN1CC(CN)(n2cc(C3=NCNc4[nH]ccc43)cn2)C1. The van der Waals surface area contributed by atoms with Gasteiger partial charge in [-0.25, -0.2) is 0 Å². The van der Waals surface area contributed by atoms with Gasteiger partial charge in [0.1, 0.15) is 31.5 Å². The molecule has 0 radical (unpaired) electrons. The summed E-state index contributed by atoms with van der Waals surface area (Å²) in [5.74, 6) is 1.61. The second-order valence-electron chi connectivity index (χ2n) is 9.30. The van der Waals surface area contributed by atoms with Crippen LogP contribution in [0.5, 0.6) is 0 Å². The summed E-state index contributed by atoms with van der Waals surface area (Å²) in [5, 5.41) is 7.95. The van der Waals surface area contributed by atoms with Crippen LogP contribution in [0.4, 0.5) is 5.82 Å². The topological polar surface area (TPSA) is 109 Å². The molecule has 4 heterocycles. The van der Waals surface area contributed by atoms with Crippen LogP contribution in [0.3, 0.4) is 0 Å². The van der Waals surface area contributed by atoms with E-state index < -0.39 is 0 Å². The molecule has 4 N–H and O–H groups in total. The largest absolute Gasteiger partial charge is 0.356 e. The molecule has 1 saturated heterocycles. The first kappa shape index (κ1) is 23.9. The Hall–Kier alpha value is -2.24. The summed E-state index contributed by atoms with van der Waals surface area (Å²) in [7, 11) is 2.08. The third-order valence-electron chi connectivity index (χ3n) is 6.51. The average Bonchev–Trinajstić information content (AvgIpc) is 3.47. The molecule has 10 nitrogen and oxygen atoms in total. The summed E-state index contributed by atoms with van der Waals surface area (Å²) in [6.45, 7) is 11.0. The van der Waals surface area contributed by atoms with Crippen molar-refractivity contribution in [3.63, 3.8) is 0 Å². The van der Waals surface area contributed by atoms with E-state index in [-0.39, 0.29) is 5.54 Å². The fraction of sp³-hybridized carbons (Fsp3) is 0.652. The molecule has 0 aliphatic carbocycles. The third kappa shape index (κ3) is 5.47. The van der Waals surface area contributed by atoms with Gasteiger partial charge in [-0.1, -0.05) is 6.92 Å². The van der Waals surface area contributed by atoms with Crippen molar-refractivity contribution in [3.8, 4) is 0 Å². The first-order valence-electron chi connectivity index (χ1n) is 11.8. The Bertz CT molecular complexity index is 917. The zero-order valence-corrected chi connectivity index (χ0v) is 20.1. The molecule has 1 fully saturated rings. The van der Waals surface area contributed by atoms with Crippen LogP contribution in [0.15, 0.2) is 29.6 Å². The van der Waals surface area contributed by atoms with E-state index in [4.69, 9.17) is 20.3 Å². The highest BCUT2D eigenvalue weighted by Crippen LogP contribution is 2.30. The minimum Gasteiger partial charge on any atom is -0.356 e. The number of ether oxygens (including phenoxy) is 2. The molecule has 10 heteroatoms. The molecule has 2 aliphatic rings. The minimum absolute atomic E-state index is 0.143. The van der Waals surface area contributed by atoms with Gasteiger partial charge in [-0.2, -0.15) is 5.10 Å². The molecule has 0 amide bonds. The van der Waals surface area contributed by atoms with Crippen molar-refractivity contribution in [1.82, 2.24) is 24.6 Å². The van der Waals surface area contributed by atoms with Gasteiger partial charge in [-0.05, 0) is 32.4 Å². The fourth-order valence-electron chi connectivity index (χ4n) is 4.60. The molecule has 2 aromatic heterocycles. The summed E-state index contributed by atoms with van der Waals surface area (Å²) in [6, 6.07) is 2.05. The number of hydrogen-bond donors (Lipinski definition) is 3. The van der Waals surface area contributed by atoms with Gasteiger partial charge in [0.2, 0.25) is 0 Å². The van der Waals surface area contributed by atoms with Crippen LogP contribution in [0.2, 0.25) is 0 Å². The number of hydrogen-bond acceptors (Lipinski definition) is 8. The quantitative estimate of drug-likeness (QED) is 0.307. The lowest BCUT2D eigenvalue weighted by Crippen LogP contribution is -2.66. The predicted molar refractivity (Wildman–Crippen MR) is 129 cm³/mol. The van der Waals surface area contributed by atoms with Gasteiger partial charge < -0.3 is 25.5 Å². The molecule has 0 bridgehead atoms. The van der Waals surface area contributed by atoms with E-state index in [1.807, 2.05) is 25.4 Å². The molecule has 2 aromatic rings. The minimum atomic E-state index is -0.143. The van der Waals surface area contributed by atoms with Crippen molar-refractivity contribution < 1.29 is 9.47 Å². The van der Waals surface area contributed by atoms with E-state index in [1.54, 1.807) is 0 Å². The predicted octanol–water partition coefficient (Wildman–Crippen LogP) is 1.33. The van der Waals surface area contributed by atoms with Crippen LogP contribution in [-0.2, 0) is 15.0 Å². The van der Waals surface area contributed by atoms with Crippen LogP contribution >= 0.6 is 0 Å². The highest BCUT2D eigenvalue weighted by atomic mass is 16.7. The number of aromatic nitrogens is 3. The Morgan fingerprint density at radius 3 is 2.97 bits per heavy atom. The maximum absolute atomic E-state index is 6.24. The highest BCUT2D eigenvalue weighted by Gasteiger charge is 2.44. The van der Waals surface area contributed by atoms with Crippen molar-refractivity contribution in [2.45, 2.75) is 25.8 Å². The second kappa shape index (κ2) is 10.8. The number of H-pyrrole nitrogens is 1. The number of anilines is 1. The molecule has 1 unspecified atom stereocenters. The number of fused-ring (bicyclic) bond motifs is 1. The highest BCUT2D eigenvalue weighted by molar-refractivity contribution is 6.16. The Morgan fingerprint density at radius 2 is 2.18 bits per heavy atom. The molecule has 33 heavy (non-hydrogen) atoms. The number of nitrogens with two attached hydrogens (primary N) is 1. The first-order chi connectivity index (χ1) is 16.0. The third-order valence-corrected chi connectivity index (χ3v) is 6.51. The van der Waals surface area contributed by atoms with Gasteiger partial charge in [-0.3, -0.25) is 19.5 Å². The summed E-state index contributed by atoms with van der Waals surface area (Å²) < 4.78 is 12.8. The summed E-state index contributed by atoms with van der Waals surface area (Å²) >= 11 is 0. The lowest BCUT2D eigenvalue weighted by Gasteiger charge is -2.50. The van der Waals surface area contributed by atoms with E-state index >= 15 is 0 Å². The van der Waals surface area contributed by atoms with Crippen LogP contribution in [0.25, 0.3) is 0 Å². The van der Waals surface area contributed by atoms with Crippen molar-refractivity contribution >= 4 is 11.5 Å². The van der Waals surface area contributed by atoms with E-state index in [2.05, 4.69) is 49.9 Å². The Labute approximate surface area is 196 Å². The molecular weight excluding hydrogens is 420 g/mol. The van der Waals surface area contributed by atoms with Crippen molar-refractivity contribution in [3.05, 3.63) is 35.8 Å². The average molecular weight is 459 g/mol. The van der Waals surface area contributed by atoms with Gasteiger partial charge in [0, 0.05) is 62.9 Å². The van der Waals surface area contributed by atoms with Gasteiger partial charge >= 0.3 is 0 Å². The van der Waals surface area contributed by atoms with Crippen LogP contribution in [0.1, 0.15) is 31.4 Å². The molecule has 0 saturated carbocycles. The summed E-state index contributed by atoms with van der Waals surface area (Å²) in [4.78, 5) is 12.6. The Morgan fingerprint density at radius 1 is 1.33 bits per heavy atom. The van der Waals surface area contributed by atoms with Crippen molar-refractivity contribution in [2.75, 3.05) is 71.9 Å². The molecule has 182 valence electrons. The van der Waals surface area contributed by atoms with E-state index in [9.17, 15) is 0 Å². The van der Waals surface area contributed by atoms with E-state index in [0.717, 1.165) is 55.3 Å². The van der Waals surface area contributed by atoms with Gasteiger partial charge in [-0.15, -0.1) is 0 Å². The second-order valence-corrected chi connectivity index (χ2v) is 9.30. The summed E-state index contributed by atoms with van der Waals surface area (Å²) in [6.07, 6.45) is 7.07. The maximum atomic E-state index is 6.24. The Balaban J connectivity index is 1.26. The number of aliphatic imine (C=N–C) groups is 1. The van der Waals surface area contributed by atoms with Crippen LogP contribution in [0, 0.1) is 5.92 Å². The summed E-state index contributed by atoms with van der Waals surface area (Å²) in [5.41, 5.74) is 9.19. The fourth-order valence-corrected chi connectivity index (χ4v) is 4.60. The molecule has 0 aromatic carbocycles.